The van der Waals surface area contributed by atoms with Gasteiger partial charge in [0, 0.05) is 17.6 Å². The van der Waals surface area contributed by atoms with Crippen LogP contribution in [0.1, 0.15) is 24.9 Å². The number of nitrogens with two attached hydrogens (primary N) is 1. The second-order valence-electron chi connectivity index (χ2n) is 3.43. The molecule has 1 unspecified atom stereocenters. The van der Waals surface area contributed by atoms with Crippen molar-refractivity contribution in [3.63, 3.8) is 0 Å². The van der Waals surface area contributed by atoms with E-state index in [-0.39, 0.29) is 6.04 Å². The van der Waals surface area contributed by atoms with E-state index in [1.165, 1.54) is 10.9 Å². The largest absolute Gasteiger partial charge is 0.324 e. The standard InChI is InChI=1S/C12H14N2/c1-2-11(13)9-5-3-7-12-10(9)6-4-8-14-12/h3-8,11H,2,13H2,1H3. The monoisotopic (exact) mass is 186 g/mol. The molecule has 1 atom stereocenters. The highest BCUT2D eigenvalue weighted by Gasteiger charge is 2.06. The molecule has 0 spiro atoms. The molecule has 14 heavy (non-hydrogen) atoms. The van der Waals surface area contributed by atoms with Crippen molar-refractivity contribution in [2.45, 2.75) is 19.4 Å². The summed E-state index contributed by atoms with van der Waals surface area (Å²) in [6, 6.07) is 10.3. The van der Waals surface area contributed by atoms with E-state index in [4.69, 9.17) is 5.73 Å². The zero-order chi connectivity index (χ0) is 9.97. The van der Waals surface area contributed by atoms with Crippen molar-refractivity contribution in [3.05, 3.63) is 42.1 Å². The van der Waals surface area contributed by atoms with Gasteiger partial charge in [-0.25, -0.2) is 0 Å². The maximum atomic E-state index is 6.03. The number of benzene rings is 1. The molecule has 2 aromatic rings. The topological polar surface area (TPSA) is 38.9 Å². The quantitative estimate of drug-likeness (QED) is 0.783. The minimum Gasteiger partial charge on any atom is -0.324 e. The minimum absolute atomic E-state index is 0.114. The maximum Gasteiger partial charge on any atom is 0.0705 e. The molecule has 1 aromatic heterocycles. The zero-order valence-corrected chi connectivity index (χ0v) is 8.27. The van der Waals surface area contributed by atoms with Crippen LogP contribution in [-0.4, -0.2) is 4.98 Å². The van der Waals surface area contributed by atoms with Gasteiger partial charge in [0.1, 0.15) is 0 Å². The molecule has 2 heteroatoms. The van der Waals surface area contributed by atoms with Crippen LogP contribution in [0, 0.1) is 0 Å². The van der Waals surface area contributed by atoms with Crippen molar-refractivity contribution in [1.29, 1.82) is 0 Å². The summed E-state index contributed by atoms with van der Waals surface area (Å²) in [6.07, 6.45) is 2.76. The van der Waals surface area contributed by atoms with Gasteiger partial charge in [0.2, 0.25) is 0 Å². The molecule has 0 aliphatic heterocycles. The van der Waals surface area contributed by atoms with Crippen LogP contribution < -0.4 is 5.73 Å². The first kappa shape index (κ1) is 9.16. The van der Waals surface area contributed by atoms with E-state index in [0.29, 0.717) is 0 Å². The normalized spacial score (nSPS) is 13.0. The molecule has 0 aliphatic carbocycles. The lowest BCUT2D eigenvalue weighted by Crippen LogP contribution is -2.09. The summed E-state index contributed by atoms with van der Waals surface area (Å²) in [7, 11) is 0. The highest BCUT2D eigenvalue weighted by atomic mass is 14.7. The Morgan fingerprint density at radius 3 is 2.93 bits per heavy atom. The third-order valence-electron chi connectivity index (χ3n) is 2.52. The SMILES string of the molecule is CCC(N)c1cccc2ncccc12. The van der Waals surface area contributed by atoms with Gasteiger partial charge in [-0.1, -0.05) is 25.1 Å². The molecule has 0 fully saturated rings. The summed E-state index contributed by atoms with van der Waals surface area (Å²) >= 11 is 0. The molecule has 0 saturated heterocycles. The van der Waals surface area contributed by atoms with Crippen molar-refractivity contribution in [2.24, 2.45) is 5.73 Å². The fourth-order valence-electron chi connectivity index (χ4n) is 1.67. The Morgan fingerprint density at radius 2 is 2.14 bits per heavy atom. The summed E-state index contributed by atoms with van der Waals surface area (Å²) in [4.78, 5) is 4.30. The van der Waals surface area contributed by atoms with Gasteiger partial charge in [-0.3, -0.25) is 4.98 Å². The molecule has 2 nitrogen and oxygen atoms in total. The van der Waals surface area contributed by atoms with Crippen LogP contribution in [0.25, 0.3) is 10.9 Å². The van der Waals surface area contributed by atoms with Crippen LogP contribution in [0.3, 0.4) is 0 Å². The van der Waals surface area contributed by atoms with Crippen LogP contribution >= 0.6 is 0 Å². The van der Waals surface area contributed by atoms with Crippen molar-refractivity contribution in [1.82, 2.24) is 4.98 Å². The summed E-state index contributed by atoms with van der Waals surface area (Å²) in [5.41, 5.74) is 8.25. The van der Waals surface area contributed by atoms with Gasteiger partial charge in [-0.05, 0) is 24.1 Å². The van der Waals surface area contributed by atoms with Gasteiger partial charge in [0.25, 0.3) is 0 Å². The van der Waals surface area contributed by atoms with Gasteiger partial charge >= 0.3 is 0 Å². The van der Waals surface area contributed by atoms with Crippen molar-refractivity contribution in [2.75, 3.05) is 0 Å². The number of rotatable bonds is 2. The number of fused-ring (bicyclic) bond motifs is 1. The van der Waals surface area contributed by atoms with Gasteiger partial charge < -0.3 is 5.73 Å². The van der Waals surface area contributed by atoms with Crippen LogP contribution in [0.5, 0.6) is 0 Å². The van der Waals surface area contributed by atoms with Crippen molar-refractivity contribution < 1.29 is 0 Å². The fraction of sp³-hybridized carbons (Fsp3) is 0.250. The Labute approximate surface area is 83.8 Å². The summed E-state index contributed by atoms with van der Waals surface area (Å²) < 4.78 is 0. The summed E-state index contributed by atoms with van der Waals surface area (Å²) in [5.74, 6) is 0. The lowest BCUT2D eigenvalue weighted by atomic mass is 10.0. The Balaban J connectivity index is 2.65. The Hall–Kier alpha value is -1.41. The first-order chi connectivity index (χ1) is 6.83. The third-order valence-corrected chi connectivity index (χ3v) is 2.52. The lowest BCUT2D eigenvalue weighted by molar-refractivity contribution is 0.704. The number of pyridine rings is 1. The van der Waals surface area contributed by atoms with E-state index in [1.54, 1.807) is 0 Å². The van der Waals surface area contributed by atoms with Crippen molar-refractivity contribution >= 4 is 10.9 Å². The zero-order valence-electron chi connectivity index (χ0n) is 8.27. The Morgan fingerprint density at radius 1 is 1.29 bits per heavy atom. The molecule has 0 aliphatic rings. The minimum atomic E-state index is 0.114. The van der Waals surface area contributed by atoms with E-state index >= 15 is 0 Å². The Kier molecular flexibility index (Phi) is 2.46. The van der Waals surface area contributed by atoms with E-state index in [0.717, 1.165) is 11.9 Å². The van der Waals surface area contributed by atoms with Gasteiger partial charge in [-0.2, -0.15) is 0 Å². The van der Waals surface area contributed by atoms with Crippen LogP contribution in [0.4, 0.5) is 0 Å². The van der Waals surface area contributed by atoms with E-state index < -0.39 is 0 Å². The molecule has 72 valence electrons. The second kappa shape index (κ2) is 3.76. The highest BCUT2D eigenvalue weighted by molar-refractivity contribution is 5.82. The second-order valence-corrected chi connectivity index (χ2v) is 3.43. The predicted molar refractivity (Wildman–Crippen MR) is 59.0 cm³/mol. The molecule has 0 bridgehead atoms. The van der Waals surface area contributed by atoms with E-state index in [1.807, 2.05) is 24.4 Å². The molecule has 1 aromatic carbocycles. The average molecular weight is 186 g/mol. The molecule has 1 heterocycles. The van der Waals surface area contributed by atoms with Crippen LogP contribution in [0.15, 0.2) is 36.5 Å². The maximum absolute atomic E-state index is 6.03. The van der Waals surface area contributed by atoms with Crippen LogP contribution in [-0.2, 0) is 0 Å². The molecule has 0 radical (unpaired) electrons. The van der Waals surface area contributed by atoms with Gasteiger partial charge in [-0.15, -0.1) is 0 Å². The van der Waals surface area contributed by atoms with E-state index in [9.17, 15) is 0 Å². The van der Waals surface area contributed by atoms with E-state index in [2.05, 4.69) is 24.0 Å². The van der Waals surface area contributed by atoms with Gasteiger partial charge in [0.05, 0.1) is 5.52 Å². The number of nitrogens with zero attached hydrogens (tertiary/aromatic N) is 1. The number of aromatic nitrogens is 1. The number of hydrogen-bond donors (Lipinski definition) is 1. The first-order valence-corrected chi connectivity index (χ1v) is 4.92. The molecular weight excluding hydrogens is 172 g/mol. The molecular formula is C12H14N2. The molecule has 0 saturated carbocycles. The van der Waals surface area contributed by atoms with Crippen LogP contribution in [0.2, 0.25) is 0 Å². The summed E-state index contributed by atoms with van der Waals surface area (Å²) in [5, 5.41) is 1.17. The van der Waals surface area contributed by atoms with Gasteiger partial charge in [0.15, 0.2) is 0 Å². The van der Waals surface area contributed by atoms with Crippen molar-refractivity contribution in [3.8, 4) is 0 Å². The Bertz CT molecular complexity index is 432. The molecule has 0 amide bonds. The first-order valence-electron chi connectivity index (χ1n) is 4.92. The smallest absolute Gasteiger partial charge is 0.0705 e. The highest BCUT2D eigenvalue weighted by Crippen LogP contribution is 2.22. The third kappa shape index (κ3) is 1.49. The molecule has 2 rings (SSSR count). The lowest BCUT2D eigenvalue weighted by Gasteiger charge is -2.11. The predicted octanol–water partition coefficient (Wildman–Crippen LogP) is 2.64. The number of hydrogen-bond acceptors (Lipinski definition) is 2. The fourth-order valence-corrected chi connectivity index (χ4v) is 1.67. The molecule has 2 N–H and O–H groups in total. The average Bonchev–Trinajstić information content (AvgIpc) is 2.27. The summed E-state index contributed by atoms with van der Waals surface area (Å²) in [6.45, 7) is 2.10.